The molecule has 0 bridgehead atoms. The summed E-state index contributed by atoms with van der Waals surface area (Å²) in [4.78, 5) is 13.0. The van der Waals surface area contributed by atoms with E-state index in [-0.39, 0.29) is 5.78 Å². The molecule has 4 aromatic rings. The van der Waals surface area contributed by atoms with Gasteiger partial charge in [0.25, 0.3) is 0 Å². The second-order valence-electron chi connectivity index (χ2n) is 7.30. The largest absolute Gasteiger partial charge is 0.350 e. The van der Waals surface area contributed by atoms with Crippen LogP contribution in [0.25, 0.3) is 33.0 Å². The van der Waals surface area contributed by atoms with Gasteiger partial charge in [-0.2, -0.15) is 0 Å². The third kappa shape index (κ3) is 2.18. The minimum absolute atomic E-state index is 0.152. The number of fused-ring (bicyclic) bond motifs is 2. The van der Waals surface area contributed by atoms with E-state index in [1.54, 1.807) is 0 Å². The Morgan fingerprint density at radius 3 is 1.81 bits per heavy atom. The lowest BCUT2D eigenvalue weighted by Gasteiger charge is -2.06. The van der Waals surface area contributed by atoms with Crippen LogP contribution in [0.15, 0.2) is 73.1 Å². The molecule has 27 heavy (non-hydrogen) atoms. The highest BCUT2D eigenvalue weighted by atomic mass is 16.1. The van der Waals surface area contributed by atoms with Crippen molar-refractivity contribution in [2.24, 2.45) is 14.1 Å². The van der Waals surface area contributed by atoms with Crippen LogP contribution < -0.4 is 0 Å². The Balaban J connectivity index is 1.88. The van der Waals surface area contributed by atoms with Crippen molar-refractivity contribution >= 4 is 38.7 Å². The van der Waals surface area contributed by atoms with Gasteiger partial charge in [0.15, 0.2) is 5.78 Å². The Bertz CT molecular complexity index is 1200. The van der Waals surface area contributed by atoms with Crippen molar-refractivity contribution in [3.05, 3.63) is 84.2 Å². The van der Waals surface area contributed by atoms with Crippen LogP contribution in [0.1, 0.15) is 17.5 Å². The van der Waals surface area contributed by atoms with E-state index in [0.29, 0.717) is 6.42 Å². The molecule has 1 aliphatic rings. The first-order valence-corrected chi connectivity index (χ1v) is 9.10. The van der Waals surface area contributed by atoms with Crippen molar-refractivity contribution in [1.82, 2.24) is 9.13 Å². The zero-order chi connectivity index (χ0) is 18.7. The molecule has 1 aliphatic carbocycles. The normalized spacial score (nSPS) is 14.9. The molecule has 2 heterocycles. The number of aryl methyl sites for hydroxylation is 2. The molecule has 0 aliphatic heterocycles. The van der Waals surface area contributed by atoms with Crippen molar-refractivity contribution in [1.29, 1.82) is 0 Å². The quantitative estimate of drug-likeness (QED) is 0.492. The van der Waals surface area contributed by atoms with Crippen LogP contribution in [0.3, 0.4) is 0 Å². The molecule has 5 rings (SSSR count). The molecule has 0 atom stereocenters. The Hall–Kier alpha value is -3.33. The fourth-order valence-corrected chi connectivity index (χ4v) is 4.38. The molecular formula is C24H20N2O. The Morgan fingerprint density at radius 1 is 0.778 bits per heavy atom. The average molecular weight is 352 g/mol. The van der Waals surface area contributed by atoms with E-state index in [2.05, 4.69) is 52.4 Å². The lowest BCUT2D eigenvalue weighted by molar-refractivity contribution is -0.112. The van der Waals surface area contributed by atoms with Gasteiger partial charge in [0.1, 0.15) is 0 Å². The SMILES string of the molecule is C=C1CC(=O)C(c2cn(C)c3ccccc23)=C1c1cn(C)c2ccccc12. The molecule has 0 saturated carbocycles. The van der Waals surface area contributed by atoms with Crippen LogP contribution >= 0.6 is 0 Å². The molecule has 0 amide bonds. The second kappa shape index (κ2) is 5.58. The average Bonchev–Trinajstić information content (AvgIpc) is 3.27. The molecule has 0 unspecified atom stereocenters. The predicted octanol–water partition coefficient (Wildman–Crippen LogP) is 5.11. The second-order valence-corrected chi connectivity index (χ2v) is 7.30. The van der Waals surface area contributed by atoms with Crippen molar-refractivity contribution < 1.29 is 4.79 Å². The van der Waals surface area contributed by atoms with Crippen LogP contribution in [0.4, 0.5) is 0 Å². The van der Waals surface area contributed by atoms with E-state index >= 15 is 0 Å². The number of hydrogen-bond donors (Lipinski definition) is 0. The fourth-order valence-electron chi connectivity index (χ4n) is 4.38. The molecular weight excluding hydrogens is 332 g/mol. The van der Waals surface area contributed by atoms with Crippen LogP contribution in [-0.2, 0) is 18.9 Å². The summed E-state index contributed by atoms with van der Waals surface area (Å²) in [6.45, 7) is 4.25. The number of nitrogens with zero attached hydrogens (tertiary/aromatic N) is 2. The molecule has 2 aromatic heterocycles. The third-order valence-corrected chi connectivity index (χ3v) is 5.59. The van der Waals surface area contributed by atoms with E-state index in [0.717, 1.165) is 49.7 Å². The van der Waals surface area contributed by atoms with E-state index in [4.69, 9.17) is 0 Å². The predicted molar refractivity (Wildman–Crippen MR) is 111 cm³/mol. The van der Waals surface area contributed by atoms with Gasteiger partial charge in [-0.25, -0.2) is 0 Å². The highest BCUT2D eigenvalue weighted by molar-refractivity contribution is 6.37. The fraction of sp³-hybridized carbons (Fsp3) is 0.125. The Kier molecular flexibility index (Phi) is 3.28. The minimum Gasteiger partial charge on any atom is -0.350 e. The molecule has 3 heteroatoms. The third-order valence-electron chi connectivity index (χ3n) is 5.59. The van der Waals surface area contributed by atoms with Crippen molar-refractivity contribution in [3.63, 3.8) is 0 Å². The molecule has 0 saturated heterocycles. The molecule has 132 valence electrons. The number of benzene rings is 2. The van der Waals surface area contributed by atoms with Crippen molar-refractivity contribution in [3.8, 4) is 0 Å². The Labute approximate surface area is 157 Å². The first-order valence-electron chi connectivity index (χ1n) is 9.10. The van der Waals surface area contributed by atoms with Gasteiger partial charge in [0.05, 0.1) is 0 Å². The summed E-state index contributed by atoms with van der Waals surface area (Å²) in [5.41, 5.74) is 7.07. The van der Waals surface area contributed by atoms with Gasteiger partial charge in [0.2, 0.25) is 0 Å². The summed E-state index contributed by atoms with van der Waals surface area (Å²) in [5.74, 6) is 0.152. The number of Topliss-reactive ketones (excluding diaryl/α,β-unsaturated/α-hetero) is 1. The van der Waals surface area contributed by atoms with Gasteiger partial charge in [-0.1, -0.05) is 43.0 Å². The van der Waals surface area contributed by atoms with Gasteiger partial charge in [0, 0.05) is 71.4 Å². The Morgan fingerprint density at radius 2 is 1.26 bits per heavy atom. The molecule has 3 nitrogen and oxygen atoms in total. The summed E-state index contributed by atoms with van der Waals surface area (Å²) >= 11 is 0. The number of para-hydroxylation sites is 2. The maximum absolute atomic E-state index is 13.0. The molecule has 0 radical (unpaired) electrons. The lowest BCUT2D eigenvalue weighted by atomic mass is 9.95. The summed E-state index contributed by atoms with van der Waals surface area (Å²) in [5, 5.41) is 2.26. The molecule has 2 aromatic carbocycles. The van der Waals surface area contributed by atoms with Crippen LogP contribution in [0.5, 0.6) is 0 Å². The summed E-state index contributed by atoms with van der Waals surface area (Å²) in [6.07, 6.45) is 4.58. The first-order chi connectivity index (χ1) is 13.1. The number of hydrogen-bond acceptors (Lipinski definition) is 1. The smallest absolute Gasteiger partial charge is 0.168 e. The number of rotatable bonds is 2. The number of carbonyl (C=O) groups excluding carboxylic acids is 1. The standard InChI is InChI=1S/C24H20N2O/c1-15-12-22(27)24(19-14-26(3)21-11-7-5-9-17(19)21)23(15)18-13-25(2)20-10-6-4-8-16(18)20/h4-11,13-14H,1,12H2,2-3H3. The lowest BCUT2D eigenvalue weighted by Crippen LogP contribution is -1.95. The van der Waals surface area contributed by atoms with E-state index < -0.39 is 0 Å². The number of allylic oxidation sites excluding steroid dienone is 3. The topological polar surface area (TPSA) is 26.9 Å². The zero-order valence-corrected chi connectivity index (χ0v) is 15.5. The monoisotopic (exact) mass is 352 g/mol. The highest BCUT2D eigenvalue weighted by Gasteiger charge is 2.31. The molecule has 0 N–H and O–H groups in total. The molecule has 0 spiro atoms. The van der Waals surface area contributed by atoms with Crippen molar-refractivity contribution in [2.75, 3.05) is 0 Å². The maximum atomic E-state index is 13.0. The van der Waals surface area contributed by atoms with Gasteiger partial charge in [-0.15, -0.1) is 0 Å². The van der Waals surface area contributed by atoms with E-state index in [1.807, 2.05) is 38.4 Å². The van der Waals surface area contributed by atoms with Crippen LogP contribution in [0.2, 0.25) is 0 Å². The van der Waals surface area contributed by atoms with Gasteiger partial charge in [-0.05, 0) is 23.3 Å². The van der Waals surface area contributed by atoms with Gasteiger partial charge < -0.3 is 9.13 Å². The van der Waals surface area contributed by atoms with Crippen molar-refractivity contribution in [2.45, 2.75) is 6.42 Å². The zero-order valence-electron chi connectivity index (χ0n) is 15.5. The highest BCUT2D eigenvalue weighted by Crippen LogP contribution is 2.45. The van der Waals surface area contributed by atoms with E-state index in [9.17, 15) is 4.79 Å². The number of ketones is 1. The molecule has 0 fully saturated rings. The summed E-state index contributed by atoms with van der Waals surface area (Å²) < 4.78 is 4.21. The van der Waals surface area contributed by atoms with Gasteiger partial charge >= 0.3 is 0 Å². The summed E-state index contributed by atoms with van der Waals surface area (Å²) in [6, 6.07) is 16.5. The number of aromatic nitrogens is 2. The first kappa shape index (κ1) is 15.9. The summed E-state index contributed by atoms with van der Waals surface area (Å²) in [7, 11) is 4.07. The van der Waals surface area contributed by atoms with Gasteiger partial charge in [-0.3, -0.25) is 4.79 Å². The van der Waals surface area contributed by atoms with Crippen LogP contribution in [-0.4, -0.2) is 14.9 Å². The maximum Gasteiger partial charge on any atom is 0.168 e. The number of carbonyl (C=O) groups is 1. The van der Waals surface area contributed by atoms with E-state index in [1.165, 1.54) is 0 Å². The minimum atomic E-state index is 0.152. The van der Waals surface area contributed by atoms with Crippen LogP contribution in [0, 0.1) is 0 Å².